The third-order valence-corrected chi connectivity index (χ3v) is 3.76. The van der Waals surface area contributed by atoms with Crippen LogP contribution in [0.15, 0.2) is 5.38 Å². The quantitative estimate of drug-likeness (QED) is 0.881. The van der Waals surface area contributed by atoms with E-state index in [-0.39, 0.29) is 5.60 Å². The smallest absolute Gasteiger partial charge is 0.0897 e. The molecule has 2 rings (SSSR count). The number of nitrogens with zero attached hydrogens (tertiary/aromatic N) is 1. The van der Waals surface area contributed by atoms with Gasteiger partial charge in [-0.25, -0.2) is 4.98 Å². The van der Waals surface area contributed by atoms with Crippen LogP contribution in [0.4, 0.5) is 0 Å². The summed E-state index contributed by atoms with van der Waals surface area (Å²) in [6.07, 6.45) is 2.18. The molecule has 1 aromatic rings. The highest BCUT2D eigenvalue weighted by Gasteiger charge is 2.28. The van der Waals surface area contributed by atoms with Crippen molar-refractivity contribution in [2.45, 2.75) is 51.8 Å². The molecule has 1 aliphatic heterocycles. The van der Waals surface area contributed by atoms with E-state index in [4.69, 9.17) is 4.74 Å². The van der Waals surface area contributed by atoms with E-state index in [1.54, 1.807) is 11.3 Å². The second-order valence-corrected chi connectivity index (χ2v) is 6.10. The minimum atomic E-state index is 0.0217. The van der Waals surface area contributed by atoms with Crippen LogP contribution in [0.25, 0.3) is 0 Å². The van der Waals surface area contributed by atoms with E-state index in [2.05, 4.69) is 29.5 Å². The third kappa shape index (κ3) is 3.27. The molecule has 0 bridgehead atoms. The summed E-state index contributed by atoms with van der Waals surface area (Å²) in [5, 5.41) is 6.85. The monoisotopic (exact) mass is 240 g/mol. The van der Waals surface area contributed by atoms with Gasteiger partial charge in [0.15, 0.2) is 0 Å². The molecule has 0 spiro atoms. The van der Waals surface area contributed by atoms with Crippen LogP contribution < -0.4 is 5.32 Å². The molecule has 1 saturated heterocycles. The Kier molecular flexibility index (Phi) is 3.62. The van der Waals surface area contributed by atoms with Crippen LogP contribution in [0.1, 0.15) is 37.4 Å². The molecule has 90 valence electrons. The van der Waals surface area contributed by atoms with E-state index in [1.165, 1.54) is 0 Å². The molecular formula is C12H20N2OS. The number of ether oxygens (including phenoxy) is 1. The Morgan fingerprint density at radius 2 is 2.44 bits per heavy atom. The van der Waals surface area contributed by atoms with E-state index in [0.717, 1.165) is 36.7 Å². The zero-order valence-electron chi connectivity index (χ0n) is 10.2. The van der Waals surface area contributed by atoms with Crippen molar-refractivity contribution in [3.8, 4) is 0 Å². The van der Waals surface area contributed by atoms with Gasteiger partial charge in [0.25, 0.3) is 0 Å². The molecule has 1 atom stereocenters. The van der Waals surface area contributed by atoms with Crippen molar-refractivity contribution in [1.29, 1.82) is 0 Å². The number of aromatic nitrogens is 1. The Balaban J connectivity index is 1.82. The Morgan fingerprint density at radius 1 is 1.62 bits per heavy atom. The highest BCUT2D eigenvalue weighted by atomic mass is 32.1. The fourth-order valence-corrected chi connectivity index (χ4v) is 2.76. The molecule has 1 unspecified atom stereocenters. The topological polar surface area (TPSA) is 34.2 Å². The maximum Gasteiger partial charge on any atom is 0.0897 e. The molecule has 0 amide bonds. The van der Waals surface area contributed by atoms with Crippen LogP contribution in [0, 0.1) is 6.92 Å². The molecule has 0 radical (unpaired) electrons. The van der Waals surface area contributed by atoms with Crippen LogP contribution in [-0.4, -0.2) is 23.2 Å². The SMILES string of the molecule is Cc1nc(CNC2CCOC(C)(C)C2)cs1. The molecule has 4 heteroatoms. The largest absolute Gasteiger partial charge is 0.375 e. The lowest BCUT2D eigenvalue weighted by molar-refractivity contribution is -0.0631. The summed E-state index contributed by atoms with van der Waals surface area (Å²) in [4.78, 5) is 4.46. The van der Waals surface area contributed by atoms with Crippen molar-refractivity contribution < 1.29 is 4.74 Å². The van der Waals surface area contributed by atoms with Gasteiger partial charge in [-0.15, -0.1) is 11.3 Å². The Labute approximate surface area is 101 Å². The van der Waals surface area contributed by atoms with Gasteiger partial charge < -0.3 is 10.1 Å². The molecule has 16 heavy (non-hydrogen) atoms. The molecule has 3 nitrogen and oxygen atoms in total. The van der Waals surface area contributed by atoms with Gasteiger partial charge >= 0.3 is 0 Å². The summed E-state index contributed by atoms with van der Waals surface area (Å²) in [6, 6.07) is 0.561. The minimum absolute atomic E-state index is 0.0217. The van der Waals surface area contributed by atoms with Gasteiger partial charge in [0.2, 0.25) is 0 Å². The Bertz CT molecular complexity index is 349. The van der Waals surface area contributed by atoms with Gasteiger partial charge in [0.05, 0.1) is 16.3 Å². The summed E-state index contributed by atoms with van der Waals surface area (Å²) in [6.45, 7) is 8.11. The lowest BCUT2D eigenvalue weighted by Crippen LogP contribution is -2.43. The first-order valence-corrected chi connectivity index (χ1v) is 6.71. The standard InChI is InChI=1S/C12H20N2OS/c1-9-14-11(8-16-9)7-13-10-4-5-15-12(2,3)6-10/h8,10,13H,4-7H2,1-3H3. The van der Waals surface area contributed by atoms with Crippen molar-refractivity contribution in [3.63, 3.8) is 0 Å². The molecule has 2 heterocycles. The Hall–Kier alpha value is -0.450. The van der Waals surface area contributed by atoms with Crippen LogP contribution in [0.2, 0.25) is 0 Å². The average molecular weight is 240 g/mol. The van der Waals surface area contributed by atoms with Gasteiger partial charge in [-0.2, -0.15) is 0 Å². The number of hydrogen-bond acceptors (Lipinski definition) is 4. The van der Waals surface area contributed by atoms with E-state index in [0.29, 0.717) is 6.04 Å². The summed E-state index contributed by atoms with van der Waals surface area (Å²) >= 11 is 1.71. The van der Waals surface area contributed by atoms with Crippen molar-refractivity contribution in [3.05, 3.63) is 16.1 Å². The lowest BCUT2D eigenvalue weighted by atomic mass is 9.94. The molecule has 0 aromatic carbocycles. The number of hydrogen-bond donors (Lipinski definition) is 1. The van der Waals surface area contributed by atoms with Gasteiger partial charge in [-0.3, -0.25) is 0 Å². The van der Waals surface area contributed by atoms with Crippen molar-refractivity contribution in [2.75, 3.05) is 6.61 Å². The summed E-state index contributed by atoms with van der Waals surface area (Å²) < 4.78 is 5.70. The molecular weight excluding hydrogens is 220 g/mol. The van der Waals surface area contributed by atoms with Crippen LogP contribution in [0.3, 0.4) is 0 Å². The zero-order chi connectivity index (χ0) is 11.6. The predicted octanol–water partition coefficient (Wildman–Crippen LogP) is 2.50. The summed E-state index contributed by atoms with van der Waals surface area (Å²) in [5.74, 6) is 0. The van der Waals surface area contributed by atoms with E-state index in [1.807, 2.05) is 6.92 Å². The maximum absolute atomic E-state index is 5.70. The number of nitrogens with one attached hydrogen (secondary N) is 1. The number of rotatable bonds is 3. The molecule has 1 aliphatic rings. The van der Waals surface area contributed by atoms with Gasteiger partial charge in [-0.05, 0) is 33.6 Å². The second-order valence-electron chi connectivity index (χ2n) is 5.04. The first-order valence-electron chi connectivity index (χ1n) is 5.83. The third-order valence-electron chi connectivity index (χ3n) is 2.94. The Morgan fingerprint density at radius 3 is 3.06 bits per heavy atom. The summed E-state index contributed by atoms with van der Waals surface area (Å²) in [7, 11) is 0. The fraction of sp³-hybridized carbons (Fsp3) is 0.750. The molecule has 1 N–H and O–H groups in total. The highest BCUT2D eigenvalue weighted by molar-refractivity contribution is 7.09. The van der Waals surface area contributed by atoms with Gasteiger partial charge in [-0.1, -0.05) is 0 Å². The first kappa shape index (κ1) is 12.0. The fourth-order valence-electron chi connectivity index (χ4n) is 2.14. The van der Waals surface area contributed by atoms with Crippen molar-refractivity contribution >= 4 is 11.3 Å². The van der Waals surface area contributed by atoms with E-state index < -0.39 is 0 Å². The minimum Gasteiger partial charge on any atom is -0.375 e. The van der Waals surface area contributed by atoms with Gasteiger partial charge in [0, 0.05) is 24.6 Å². The van der Waals surface area contributed by atoms with E-state index >= 15 is 0 Å². The maximum atomic E-state index is 5.70. The van der Waals surface area contributed by atoms with Crippen molar-refractivity contribution in [1.82, 2.24) is 10.3 Å². The second kappa shape index (κ2) is 4.82. The molecule has 1 aromatic heterocycles. The number of thiazole rings is 1. The van der Waals surface area contributed by atoms with Gasteiger partial charge in [0.1, 0.15) is 0 Å². The first-order chi connectivity index (χ1) is 7.55. The predicted molar refractivity (Wildman–Crippen MR) is 66.7 cm³/mol. The van der Waals surface area contributed by atoms with E-state index in [9.17, 15) is 0 Å². The lowest BCUT2D eigenvalue weighted by Gasteiger charge is -2.35. The molecule has 1 fully saturated rings. The van der Waals surface area contributed by atoms with Crippen molar-refractivity contribution in [2.24, 2.45) is 0 Å². The van der Waals surface area contributed by atoms with Crippen LogP contribution >= 0.6 is 11.3 Å². The zero-order valence-corrected chi connectivity index (χ0v) is 11.1. The van der Waals surface area contributed by atoms with Crippen LogP contribution in [0.5, 0.6) is 0 Å². The number of aryl methyl sites for hydroxylation is 1. The average Bonchev–Trinajstić information content (AvgIpc) is 2.60. The highest BCUT2D eigenvalue weighted by Crippen LogP contribution is 2.24. The molecule has 0 aliphatic carbocycles. The molecule has 0 saturated carbocycles. The normalized spacial score (nSPS) is 24.6. The van der Waals surface area contributed by atoms with Crippen LogP contribution in [-0.2, 0) is 11.3 Å². The summed E-state index contributed by atoms with van der Waals surface area (Å²) in [5.41, 5.74) is 1.18.